The van der Waals surface area contributed by atoms with E-state index in [1.165, 1.54) is 12.1 Å². The summed E-state index contributed by atoms with van der Waals surface area (Å²) in [4.78, 5) is 27.8. The molecule has 0 saturated heterocycles. The summed E-state index contributed by atoms with van der Waals surface area (Å²) in [5, 5.41) is 5.21. The predicted octanol–water partition coefficient (Wildman–Crippen LogP) is 3.05. The lowest BCUT2D eigenvalue weighted by atomic mass is 10.2. The highest BCUT2D eigenvalue weighted by molar-refractivity contribution is 9.10. The van der Waals surface area contributed by atoms with E-state index in [0.717, 1.165) is 11.6 Å². The van der Waals surface area contributed by atoms with Gasteiger partial charge in [-0.1, -0.05) is 6.07 Å². The maximum absolute atomic E-state index is 13.2. The zero-order chi connectivity index (χ0) is 16.8. The van der Waals surface area contributed by atoms with E-state index >= 15 is 0 Å². The Hall–Kier alpha value is -2.28. The molecule has 0 radical (unpaired) electrons. The Morgan fingerprint density at radius 1 is 1.26 bits per heavy atom. The molecule has 2 rings (SSSR count). The zero-order valence-electron chi connectivity index (χ0n) is 12.4. The number of hydrogen-bond donors (Lipinski definition) is 2. The number of benzene rings is 1. The fourth-order valence-corrected chi connectivity index (χ4v) is 2.23. The van der Waals surface area contributed by atoms with Crippen molar-refractivity contribution in [2.75, 3.05) is 11.9 Å². The quantitative estimate of drug-likeness (QED) is 0.838. The van der Waals surface area contributed by atoms with Crippen LogP contribution in [0.2, 0.25) is 0 Å². The molecule has 2 aromatic rings. The normalized spacial score (nSPS) is 10.2. The average Bonchev–Trinajstić information content (AvgIpc) is 2.52. The number of hydrogen-bond acceptors (Lipinski definition) is 3. The summed E-state index contributed by atoms with van der Waals surface area (Å²) in [5.74, 6) is -0.751. The molecule has 23 heavy (non-hydrogen) atoms. The molecule has 2 N–H and O–H groups in total. The summed E-state index contributed by atoms with van der Waals surface area (Å²) in [6.07, 6.45) is 1.74. The number of aryl methyl sites for hydroxylation is 1. The Bertz CT molecular complexity index is 720. The van der Waals surface area contributed by atoms with Crippen LogP contribution in [-0.2, 0) is 4.79 Å². The monoisotopic (exact) mass is 379 g/mol. The minimum absolute atomic E-state index is 0.0915. The van der Waals surface area contributed by atoms with Crippen molar-refractivity contribution in [1.29, 1.82) is 0 Å². The van der Waals surface area contributed by atoms with E-state index in [9.17, 15) is 14.0 Å². The highest BCUT2D eigenvalue weighted by Gasteiger charge is 2.11. The zero-order valence-corrected chi connectivity index (χ0v) is 14.0. The third-order valence-electron chi connectivity index (χ3n) is 2.99. The number of nitrogens with zero attached hydrogens (tertiary/aromatic N) is 1. The molecule has 0 saturated carbocycles. The van der Waals surface area contributed by atoms with E-state index in [0.29, 0.717) is 10.3 Å². The molecule has 1 aromatic heterocycles. The van der Waals surface area contributed by atoms with Gasteiger partial charge in [0.25, 0.3) is 5.91 Å². The molecule has 1 heterocycles. The van der Waals surface area contributed by atoms with E-state index in [-0.39, 0.29) is 24.4 Å². The lowest BCUT2D eigenvalue weighted by molar-refractivity contribution is -0.116. The van der Waals surface area contributed by atoms with Crippen molar-refractivity contribution in [3.05, 3.63) is 57.9 Å². The first kappa shape index (κ1) is 17.1. The van der Waals surface area contributed by atoms with Gasteiger partial charge in [-0.3, -0.25) is 9.59 Å². The average molecular weight is 380 g/mol. The van der Waals surface area contributed by atoms with E-state index in [1.807, 2.05) is 13.0 Å². The molecule has 0 bridgehead atoms. The first-order valence-corrected chi connectivity index (χ1v) is 7.71. The molecule has 5 nitrogen and oxygen atoms in total. The van der Waals surface area contributed by atoms with Crippen molar-refractivity contribution < 1.29 is 14.0 Å². The maximum atomic E-state index is 13.2. The molecule has 0 aliphatic carbocycles. The van der Waals surface area contributed by atoms with E-state index in [4.69, 9.17) is 0 Å². The highest BCUT2D eigenvalue weighted by Crippen LogP contribution is 2.17. The lowest BCUT2D eigenvalue weighted by Gasteiger charge is -2.08. The van der Waals surface area contributed by atoms with E-state index in [1.54, 1.807) is 12.3 Å². The minimum atomic E-state index is -0.499. The molecular formula is C16H15BrFN3O2. The number of rotatable bonds is 5. The molecule has 0 aliphatic rings. The Labute approximate surface area is 141 Å². The Kier molecular flexibility index (Phi) is 5.81. The molecule has 1 aromatic carbocycles. The summed E-state index contributed by atoms with van der Waals surface area (Å²) in [6.45, 7) is 2.04. The fraction of sp³-hybridized carbons (Fsp3) is 0.188. The molecule has 2 amide bonds. The highest BCUT2D eigenvalue weighted by atomic mass is 79.9. The Morgan fingerprint density at radius 3 is 2.74 bits per heavy atom. The second kappa shape index (κ2) is 7.82. The Balaban J connectivity index is 1.82. The lowest BCUT2D eigenvalue weighted by Crippen LogP contribution is -2.28. The van der Waals surface area contributed by atoms with Crippen LogP contribution < -0.4 is 10.6 Å². The van der Waals surface area contributed by atoms with Gasteiger partial charge in [0.1, 0.15) is 11.6 Å². The number of aromatic nitrogens is 1. The van der Waals surface area contributed by atoms with Crippen LogP contribution in [0.25, 0.3) is 0 Å². The van der Waals surface area contributed by atoms with Gasteiger partial charge in [-0.15, -0.1) is 0 Å². The molecule has 0 atom stereocenters. The molecule has 120 valence electrons. The van der Waals surface area contributed by atoms with Crippen molar-refractivity contribution in [2.24, 2.45) is 0 Å². The van der Waals surface area contributed by atoms with E-state index in [2.05, 4.69) is 31.5 Å². The molecule has 7 heteroatoms. The van der Waals surface area contributed by atoms with Crippen LogP contribution in [0.4, 0.5) is 10.2 Å². The fourth-order valence-electron chi connectivity index (χ4n) is 1.80. The second-order valence-corrected chi connectivity index (χ2v) is 5.75. The van der Waals surface area contributed by atoms with Crippen LogP contribution in [0.3, 0.4) is 0 Å². The smallest absolute Gasteiger partial charge is 0.252 e. The van der Waals surface area contributed by atoms with Gasteiger partial charge in [0.15, 0.2) is 0 Å². The van der Waals surface area contributed by atoms with Gasteiger partial charge in [0, 0.05) is 23.6 Å². The number of pyridine rings is 1. The van der Waals surface area contributed by atoms with Gasteiger partial charge >= 0.3 is 0 Å². The van der Waals surface area contributed by atoms with Gasteiger partial charge in [-0.05, 0) is 52.7 Å². The van der Waals surface area contributed by atoms with Gasteiger partial charge < -0.3 is 10.6 Å². The number of carbonyl (C=O) groups is 2. The summed E-state index contributed by atoms with van der Waals surface area (Å²) >= 11 is 3.19. The minimum Gasteiger partial charge on any atom is -0.351 e. The van der Waals surface area contributed by atoms with Crippen LogP contribution >= 0.6 is 15.9 Å². The summed E-state index contributed by atoms with van der Waals surface area (Å²) in [6, 6.07) is 7.39. The second-order valence-electron chi connectivity index (χ2n) is 4.90. The first-order valence-electron chi connectivity index (χ1n) is 6.91. The summed E-state index contributed by atoms with van der Waals surface area (Å²) in [5.41, 5.74) is 1.18. The first-order chi connectivity index (χ1) is 11.0. The molecule has 0 aliphatic heterocycles. The molecular weight excluding hydrogens is 365 g/mol. The third kappa shape index (κ3) is 5.14. The van der Waals surface area contributed by atoms with Gasteiger partial charge in [0.05, 0.1) is 5.56 Å². The van der Waals surface area contributed by atoms with Gasteiger partial charge in [0.2, 0.25) is 5.91 Å². The van der Waals surface area contributed by atoms with Crippen molar-refractivity contribution in [3.63, 3.8) is 0 Å². The number of halogens is 2. The van der Waals surface area contributed by atoms with Crippen LogP contribution in [0, 0.1) is 12.7 Å². The van der Waals surface area contributed by atoms with Crippen molar-refractivity contribution >= 4 is 33.6 Å². The van der Waals surface area contributed by atoms with Crippen molar-refractivity contribution in [2.45, 2.75) is 13.3 Å². The third-order valence-corrected chi connectivity index (χ3v) is 3.68. The summed E-state index contributed by atoms with van der Waals surface area (Å²) in [7, 11) is 0. The molecule has 0 spiro atoms. The van der Waals surface area contributed by atoms with Crippen LogP contribution in [0.1, 0.15) is 22.3 Å². The molecule has 0 unspecified atom stereocenters. The summed E-state index contributed by atoms with van der Waals surface area (Å²) < 4.78 is 13.6. The standard InChI is InChI=1S/C16H15BrFN3O2/c1-10-2-5-14(20-9-10)21-15(22)6-7-19-16(23)12-8-11(18)3-4-13(12)17/h2-5,8-9H,6-7H2,1H3,(H,19,23)(H,20,21,22). The number of anilines is 1. The molecule has 0 fully saturated rings. The topological polar surface area (TPSA) is 71.1 Å². The largest absolute Gasteiger partial charge is 0.351 e. The van der Waals surface area contributed by atoms with Crippen LogP contribution in [0.5, 0.6) is 0 Å². The van der Waals surface area contributed by atoms with E-state index < -0.39 is 11.7 Å². The van der Waals surface area contributed by atoms with Crippen molar-refractivity contribution in [1.82, 2.24) is 10.3 Å². The number of nitrogens with one attached hydrogen (secondary N) is 2. The van der Waals surface area contributed by atoms with Gasteiger partial charge in [-0.2, -0.15) is 0 Å². The predicted molar refractivity (Wildman–Crippen MR) is 88.7 cm³/mol. The van der Waals surface area contributed by atoms with Crippen molar-refractivity contribution in [3.8, 4) is 0 Å². The van der Waals surface area contributed by atoms with Crippen LogP contribution in [0.15, 0.2) is 41.0 Å². The van der Waals surface area contributed by atoms with Gasteiger partial charge in [-0.25, -0.2) is 9.37 Å². The SMILES string of the molecule is Cc1ccc(NC(=O)CCNC(=O)c2cc(F)ccc2Br)nc1. The maximum Gasteiger partial charge on any atom is 0.252 e. The Morgan fingerprint density at radius 2 is 2.04 bits per heavy atom. The number of carbonyl (C=O) groups excluding carboxylic acids is 2. The number of amides is 2. The van der Waals surface area contributed by atoms with Crippen LogP contribution in [-0.4, -0.2) is 23.3 Å².